The van der Waals surface area contributed by atoms with Crippen molar-refractivity contribution in [2.75, 3.05) is 6.61 Å². The number of halogens is 2. The van der Waals surface area contributed by atoms with Gasteiger partial charge in [-0.2, -0.15) is 0 Å². The van der Waals surface area contributed by atoms with E-state index in [2.05, 4.69) is 21.2 Å². The number of benzene rings is 1. The Labute approximate surface area is 108 Å². The molecule has 1 aromatic rings. The molecule has 0 aliphatic heterocycles. The van der Waals surface area contributed by atoms with Crippen molar-refractivity contribution in [3.05, 3.63) is 34.1 Å². The molecule has 0 aliphatic rings. The van der Waals surface area contributed by atoms with Gasteiger partial charge in [0.15, 0.2) is 0 Å². The molecule has 1 amide bonds. The Hall–Kier alpha value is -0.940. The van der Waals surface area contributed by atoms with E-state index in [1.807, 2.05) is 6.92 Å². The first-order chi connectivity index (χ1) is 8.06. The molecule has 0 saturated carbocycles. The summed E-state index contributed by atoms with van der Waals surface area (Å²) in [5, 5.41) is 11.4. The van der Waals surface area contributed by atoms with Crippen molar-refractivity contribution in [3.63, 3.8) is 0 Å². The summed E-state index contributed by atoms with van der Waals surface area (Å²) < 4.78 is 13.9. The van der Waals surface area contributed by atoms with Crippen LogP contribution in [0, 0.1) is 5.82 Å². The summed E-state index contributed by atoms with van der Waals surface area (Å²) in [6.07, 6.45) is 1.28. The maximum absolute atomic E-state index is 13.6. The number of rotatable bonds is 5. The van der Waals surface area contributed by atoms with E-state index in [1.165, 1.54) is 6.07 Å². The van der Waals surface area contributed by atoms with E-state index in [1.54, 1.807) is 12.1 Å². The number of hydrogen-bond donors (Lipinski definition) is 2. The van der Waals surface area contributed by atoms with Crippen molar-refractivity contribution in [2.45, 2.75) is 25.8 Å². The molecule has 17 heavy (non-hydrogen) atoms. The van der Waals surface area contributed by atoms with Gasteiger partial charge in [-0.05, 0) is 47.8 Å². The maximum atomic E-state index is 13.6. The molecule has 1 unspecified atom stereocenters. The molecule has 0 radical (unpaired) electrons. The summed E-state index contributed by atoms with van der Waals surface area (Å²) in [4.78, 5) is 11.8. The normalized spacial score (nSPS) is 12.2. The first-order valence-electron chi connectivity index (χ1n) is 5.42. The fraction of sp³-hybridized carbons (Fsp3) is 0.417. The van der Waals surface area contributed by atoms with Crippen molar-refractivity contribution in [1.82, 2.24) is 5.32 Å². The van der Waals surface area contributed by atoms with Crippen molar-refractivity contribution in [1.29, 1.82) is 0 Å². The van der Waals surface area contributed by atoms with Gasteiger partial charge in [0.2, 0.25) is 0 Å². The van der Waals surface area contributed by atoms with Crippen molar-refractivity contribution >= 4 is 21.8 Å². The summed E-state index contributed by atoms with van der Waals surface area (Å²) in [6.45, 7) is 1.91. The van der Waals surface area contributed by atoms with Gasteiger partial charge in [-0.3, -0.25) is 4.79 Å². The van der Waals surface area contributed by atoms with Crippen LogP contribution in [0.15, 0.2) is 22.7 Å². The standard InChI is InChI=1S/C12H15BrFNO2/c1-8(4-3-7-16)15-12(17)9-5-2-6-10(13)11(9)14/h2,5-6,8,16H,3-4,7H2,1H3,(H,15,17). The Balaban J connectivity index is 2.67. The smallest absolute Gasteiger partial charge is 0.254 e. The quantitative estimate of drug-likeness (QED) is 0.878. The van der Waals surface area contributed by atoms with Gasteiger partial charge < -0.3 is 10.4 Å². The van der Waals surface area contributed by atoms with Crippen molar-refractivity contribution in [3.8, 4) is 0 Å². The SMILES string of the molecule is CC(CCCO)NC(=O)c1cccc(Br)c1F. The van der Waals surface area contributed by atoms with Crippen LogP contribution in [0.5, 0.6) is 0 Å². The summed E-state index contributed by atoms with van der Waals surface area (Å²) in [6, 6.07) is 4.50. The zero-order valence-corrected chi connectivity index (χ0v) is 11.1. The van der Waals surface area contributed by atoms with E-state index in [4.69, 9.17) is 5.11 Å². The molecule has 0 aliphatic carbocycles. The van der Waals surface area contributed by atoms with Crippen LogP contribution in [0.3, 0.4) is 0 Å². The first kappa shape index (κ1) is 14.1. The predicted molar refractivity (Wildman–Crippen MR) is 67.3 cm³/mol. The Bertz CT molecular complexity index is 398. The Morgan fingerprint density at radius 3 is 2.94 bits per heavy atom. The highest BCUT2D eigenvalue weighted by atomic mass is 79.9. The highest BCUT2D eigenvalue weighted by Crippen LogP contribution is 2.18. The number of carbonyl (C=O) groups is 1. The second kappa shape index (κ2) is 6.71. The zero-order valence-electron chi connectivity index (χ0n) is 9.54. The molecule has 0 fully saturated rings. The minimum Gasteiger partial charge on any atom is -0.396 e. The van der Waals surface area contributed by atoms with E-state index in [-0.39, 0.29) is 22.7 Å². The molecular weight excluding hydrogens is 289 g/mol. The second-order valence-electron chi connectivity index (χ2n) is 3.84. The minimum absolute atomic E-state index is 0.0234. The van der Waals surface area contributed by atoms with Gasteiger partial charge in [0, 0.05) is 12.6 Å². The van der Waals surface area contributed by atoms with Gasteiger partial charge in [0.25, 0.3) is 5.91 Å². The number of carbonyl (C=O) groups excluding carboxylic acids is 1. The molecule has 5 heteroatoms. The number of amides is 1. The Kier molecular flexibility index (Phi) is 5.58. The summed E-state index contributed by atoms with van der Waals surface area (Å²) in [5.74, 6) is -0.992. The maximum Gasteiger partial charge on any atom is 0.254 e. The highest BCUT2D eigenvalue weighted by molar-refractivity contribution is 9.10. The van der Waals surface area contributed by atoms with Crippen LogP contribution in [-0.2, 0) is 0 Å². The van der Waals surface area contributed by atoms with Gasteiger partial charge in [0.05, 0.1) is 10.0 Å². The monoisotopic (exact) mass is 303 g/mol. The fourth-order valence-electron chi connectivity index (χ4n) is 1.45. The Morgan fingerprint density at radius 2 is 2.29 bits per heavy atom. The third kappa shape index (κ3) is 4.09. The first-order valence-corrected chi connectivity index (χ1v) is 6.21. The number of aliphatic hydroxyl groups is 1. The molecule has 2 N–H and O–H groups in total. The van der Waals surface area contributed by atoms with Crippen LogP contribution in [-0.4, -0.2) is 23.7 Å². The van der Waals surface area contributed by atoms with Crippen LogP contribution in [0.4, 0.5) is 4.39 Å². The van der Waals surface area contributed by atoms with E-state index in [0.717, 1.165) is 0 Å². The average molecular weight is 304 g/mol. The molecule has 1 aromatic carbocycles. The molecule has 94 valence electrons. The lowest BCUT2D eigenvalue weighted by Gasteiger charge is -2.13. The molecule has 3 nitrogen and oxygen atoms in total. The number of hydrogen-bond acceptors (Lipinski definition) is 2. The number of aliphatic hydroxyl groups excluding tert-OH is 1. The van der Waals surface area contributed by atoms with Gasteiger partial charge >= 0.3 is 0 Å². The lowest BCUT2D eigenvalue weighted by Crippen LogP contribution is -2.33. The molecule has 0 spiro atoms. The Morgan fingerprint density at radius 1 is 1.59 bits per heavy atom. The molecule has 1 atom stereocenters. The van der Waals surface area contributed by atoms with Crippen LogP contribution in [0.25, 0.3) is 0 Å². The zero-order chi connectivity index (χ0) is 12.8. The largest absolute Gasteiger partial charge is 0.396 e. The summed E-state index contributed by atoms with van der Waals surface area (Å²) in [7, 11) is 0. The van der Waals surface area contributed by atoms with Gasteiger partial charge in [0.1, 0.15) is 5.82 Å². The second-order valence-corrected chi connectivity index (χ2v) is 4.70. The van der Waals surface area contributed by atoms with E-state index < -0.39 is 11.7 Å². The topological polar surface area (TPSA) is 49.3 Å². The summed E-state index contributed by atoms with van der Waals surface area (Å²) in [5.41, 5.74) is 0.0234. The number of nitrogens with one attached hydrogen (secondary N) is 1. The van der Waals surface area contributed by atoms with Gasteiger partial charge in [-0.15, -0.1) is 0 Å². The van der Waals surface area contributed by atoms with E-state index in [9.17, 15) is 9.18 Å². The minimum atomic E-state index is -0.556. The third-order valence-electron chi connectivity index (χ3n) is 2.37. The van der Waals surface area contributed by atoms with E-state index in [0.29, 0.717) is 12.8 Å². The lowest BCUT2D eigenvalue weighted by molar-refractivity contribution is 0.0932. The molecule has 0 heterocycles. The van der Waals surface area contributed by atoms with Crippen LogP contribution >= 0.6 is 15.9 Å². The molecule has 1 rings (SSSR count). The van der Waals surface area contributed by atoms with Crippen LogP contribution < -0.4 is 5.32 Å². The predicted octanol–water partition coefficient (Wildman–Crippen LogP) is 2.48. The molecule has 0 bridgehead atoms. The third-order valence-corrected chi connectivity index (χ3v) is 2.98. The fourth-order valence-corrected chi connectivity index (χ4v) is 1.82. The van der Waals surface area contributed by atoms with Gasteiger partial charge in [-0.1, -0.05) is 6.07 Å². The molecule has 0 saturated heterocycles. The van der Waals surface area contributed by atoms with Crippen LogP contribution in [0.1, 0.15) is 30.1 Å². The summed E-state index contributed by atoms with van der Waals surface area (Å²) >= 11 is 3.03. The van der Waals surface area contributed by atoms with Crippen LogP contribution in [0.2, 0.25) is 0 Å². The lowest BCUT2D eigenvalue weighted by atomic mass is 10.1. The highest BCUT2D eigenvalue weighted by Gasteiger charge is 2.15. The molecule has 0 aromatic heterocycles. The van der Waals surface area contributed by atoms with Crippen molar-refractivity contribution < 1.29 is 14.3 Å². The average Bonchev–Trinajstić information content (AvgIpc) is 2.29. The molecular formula is C12H15BrFNO2. The van der Waals surface area contributed by atoms with E-state index >= 15 is 0 Å². The van der Waals surface area contributed by atoms with Gasteiger partial charge in [-0.25, -0.2) is 4.39 Å². The van der Waals surface area contributed by atoms with Crippen molar-refractivity contribution in [2.24, 2.45) is 0 Å².